The second kappa shape index (κ2) is 7.75. The Labute approximate surface area is 162 Å². The molecule has 5 nitrogen and oxygen atoms in total. The molecule has 2 saturated heterocycles. The Bertz CT molecular complexity index is 827. The number of nitrogens with one attached hydrogen (secondary N) is 1. The summed E-state index contributed by atoms with van der Waals surface area (Å²) in [5.74, 6) is 1.46. The van der Waals surface area contributed by atoms with E-state index in [0.29, 0.717) is 23.9 Å². The van der Waals surface area contributed by atoms with E-state index in [0.717, 1.165) is 24.4 Å². The lowest BCUT2D eigenvalue weighted by Crippen LogP contribution is -2.34. The van der Waals surface area contributed by atoms with Gasteiger partial charge in [0.15, 0.2) is 0 Å². The average molecular weight is 388 g/mol. The number of likely N-dealkylation sites (tertiary alicyclic amines) is 1. The number of ether oxygens (including phenoxy) is 2. The molecule has 2 aliphatic heterocycles. The summed E-state index contributed by atoms with van der Waals surface area (Å²) < 4.78 is 34.3. The first-order chi connectivity index (χ1) is 13.6. The van der Waals surface area contributed by atoms with Gasteiger partial charge in [-0.1, -0.05) is 12.1 Å². The molecule has 1 N–H and O–H groups in total. The fourth-order valence-electron chi connectivity index (χ4n) is 4.30. The van der Waals surface area contributed by atoms with Gasteiger partial charge in [-0.05, 0) is 47.9 Å². The zero-order chi connectivity index (χ0) is 19.7. The smallest absolute Gasteiger partial charge is 0.387 e. The van der Waals surface area contributed by atoms with Crippen molar-refractivity contribution in [2.75, 3.05) is 26.7 Å². The van der Waals surface area contributed by atoms with Crippen molar-refractivity contribution in [2.45, 2.75) is 12.7 Å². The first-order valence-corrected chi connectivity index (χ1v) is 9.27. The van der Waals surface area contributed by atoms with Crippen molar-refractivity contribution >= 4 is 5.91 Å². The summed E-state index contributed by atoms with van der Waals surface area (Å²) in [4.78, 5) is 15.1. The van der Waals surface area contributed by atoms with Gasteiger partial charge in [0.1, 0.15) is 11.5 Å². The van der Waals surface area contributed by atoms with Gasteiger partial charge in [0.2, 0.25) is 0 Å². The Kier molecular flexibility index (Phi) is 5.17. The molecule has 148 valence electrons. The normalized spacial score (nSPS) is 23.7. The van der Waals surface area contributed by atoms with Gasteiger partial charge in [-0.2, -0.15) is 8.78 Å². The number of hydrogen-bond acceptors (Lipinski definition) is 4. The molecule has 2 aromatic carbocycles. The highest BCUT2D eigenvalue weighted by atomic mass is 19.3. The maximum absolute atomic E-state index is 13.2. The Balaban J connectivity index is 1.59. The minimum absolute atomic E-state index is 0.0320. The number of nitrogens with zero attached hydrogens (tertiary/aromatic N) is 1. The van der Waals surface area contributed by atoms with E-state index in [1.807, 2.05) is 29.2 Å². The van der Waals surface area contributed by atoms with Crippen molar-refractivity contribution < 1.29 is 23.0 Å². The third-order valence-corrected chi connectivity index (χ3v) is 5.61. The van der Waals surface area contributed by atoms with Crippen molar-refractivity contribution in [2.24, 2.45) is 11.8 Å². The summed E-state index contributed by atoms with van der Waals surface area (Å²) in [7, 11) is 1.62. The van der Waals surface area contributed by atoms with Crippen molar-refractivity contribution in [3.8, 4) is 11.5 Å². The van der Waals surface area contributed by atoms with Crippen LogP contribution in [0.2, 0.25) is 0 Å². The van der Waals surface area contributed by atoms with Crippen LogP contribution in [0.4, 0.5) is 8.78 Å². The lowest BCUT2D eigenvalue weighted by Gasteiger charge is -2.28. The largest absolute Gasteiger partial charge is 0.497 e. The number of benzene rings is 2. The lowest BCUT2D eigenvalue weighted by molar-refractivity contribution is -0.0498. The monoisotopic (exact) mass is 388 g/mol. The molecule has 0 saturated carbocycles. The molecular formula is C21H22F2N2O3. The van der Waals surface area contributed by atoms with E-state index < -0.39 is 6.61 Å². The van der Waals surface area contributed by atoms with E-state index in [4.69, 9.17) is 4.74 Å². The molecule has 7 heteroatoms. The summed E-state index contributed by atoms with van der Waals surface area (Å²) in [5, 5.41) is 3.42. The van der Waals surface area contributed by atoms with Gasteiger partial charge in [0, 0.05) is 31.1 Å². The van der Waals surface area contributed by atoms with Crippen LogP contribution in [0.1, 0.15) is 22.0 Å². The van der Waals surface area contributed by atoms with Crippen LogP contribution in [0.5, 0.6) is 11.5 Å². The number of methoxy groups -OCH3 is 1. The van der Waals surface area contributed by atoms with Crippen LogP contribution in [0.25, 0.3) is 0 Å². The first-order valence-electron chi connectivity index (χ1n) is 9.27. The van der Waals surface area contributed by atoms with Crippen LogP contribution < -0.4 is 14.8 Å². The number of amides is 1. The fraction of sp³-hybridized carbons (Fsp3) is 0.381. The van der Waals surface area contributed by atoms with Gasteiger partial charge in [0.05, 0.1) is 13.2 Å². The van der Waals surface area contributed by atoms with Crippen LogP contribution in [-0.4, -0.2) is 44.2 Å². The van der Waals surface area contributed by atoms with Crippen LogP contribution in [-0.2, 0) is 0 Å². The average Bonchev–Trinajstić information content (AvgIpc) is 3.29. The van der Waals surface area contributed by atoms with Gasteiger partial charge in [0.25, 0.3) is 5.91 Å². The topological polar surface area (TPSA) is 50.8 Å². The van der Waals surface area contributed by atoms with Gasteiger partial charge in [-0.25, -0.2) is 0 Å². The Morgan fingerprint density at radius 1 is 1.07 bits per heavy atom. The third kappa shape index (κ3) is 3.54. The molecule has 1 amide bonds. The first kappa shape index (κ1) is 18.7. The minimum atomic E-state index is -2.88. The number of hydrogen-bond donors (Lipinski definition) is 1. The van der Waals surface area contributed by atoms with Crippen molar-refractivity contribution in [3.63, 3.8) is 0 Å². The van der Waals surface area contributed by atoms with E-state index in [1.54, 1.807) is 7.11 Å². The molecule has 3 atom stereocenters. The second-order valence-electron chi connectivity index (χ2n) is 7.16. The standard InChI is InChI=1S/C21H22F2N2O3/c1-27-16-6-2-13(3-7-16)19-18-11-24-10-15(18)12-25(19)20(26)14-4-8-17(9-5-14)28-21(22)23/h2-9,15,18-19,21,24H,10-12H2,1H3/t15-,18-,19+/m0/s1. The zero-order valence-corrected chi connectivity index (χ0v) is 15.5. The molecule has 2 heterocycles. The summed E-state index contributed by atoms with van der Waals surface area (Å²) in [6, 6.07) is 13.7. The van der Waals surface area contributed by atoms with Gasteiger partial charge in [-0.3, -0.25) is 4.79 Å². The van der Waals surface area contributed by atoms with Gasteiger partial charge in [-0.15, -0.1) is 0 Å². The van der Waals surface area contributed by atoms with E-state index in [9.17, 15) is 13.6 Å². The SMILES string of the molecule is COc1ccc([C@@H]2[C@H]3CNC[C@H]3CN2C(=O)c2ccc(OC(F)F)cc2)cc1. The highest BCUT2D eigenvalue weighted by Gasteiger charge is 2.46. The van der Waals surface area contributed by atoms with Crippen LogP contribution in [0.3, 0.4) is 0 Å². The van der Waals surface area contributed by atoms with E-state index in [2.05, 4.69) is 10.1 Å². The quantitative estimate of drug-likeness (QED) is 0.854. The van der Waals surface area contributed by atoms with Gasteiger partial charge >= 0.3 is 6.61 Å². The predicted molar refractivity (Wildman–Crippen MR) is 99.7 cm³/mol. The maximum Gasteiger partial charge on any atom is 0.387 e. The zero-order valence-electron chi connectivity index (χ0n) is 15.5. The Morgan fingerprint density at radius 2 is 1.75 bits per heavy atom. The van der Waals surface area contributed by atoms with Gasteiger partial charge < -0.3 is 19.7 Å². The molecule has 4 rings (SSSR count). The number of carbonyl (C=O) groups is 1. The molecule has 0 spiro atoms. The lowest BCUT2D eigenvalue weighted by atomic mass is 9.89. The van der Waals surface area contributed by atoms with Crippen LogP contribution in [0, 0.1) is 11.8 Å². The third-order valence-electron chi connectivity index (χ3n) is 5.61. The Hall–Kier alpha value is -2.67. The summed E-state index contributed by atoms with van der Waals surface area (Å²) >= 11 is 0. The summed E-state index contributed by atoms with van der Waals surface area (Å²) in [6.45, 7) is -0.455. The molecule has 0 unspecified atom stereocenters. The molecule has 2 fully saturated rings. The van der Waals surface area contributed by atoms with E-state index >= 15 is 0 Å². The highest BCUT2D eigenvalue weighted by molar-refractivity contribution is 5.95. The second-order valence-corrected chi connectivity index (χ2v) is 7.16. The molecule has 2 aliphatic rings. The predicted octanol–water partition coefficient (Wildman–Crippen LogP) is 3.33. The van der Waals surface area contributed by atoms with Crippen LogP contribution in [0.15, 0.2) is 48.5 Å². The minimum Gasteiger partial charge on any atom is -0.497 e. The Morgan fingerprint density at radius 3 is 2.39 bits per heavy atom. The summed E-state index contributed by atoms with van der Waals surface area (Å²) in [6.07, 6.45) is 0. The molecular weight excluding hydrogens is 366 g/mol. The molecule has 0 bridgehead atoms. The number of halogens is 2. The number of rotatable bonds is 5. The molecule has 0 aliphatic carbocycles. The van der Waals surface area contributed by atoms with E-state index in [-0.39, 0.29) is 17.7 Å². The molecule has 0 aromatic heterocycles. The van der Waals surface area contributed by atoms with Crippen molar-refractivity contribution in [1.82, 2.24) is 10.2 Å². The molecule has 2 aromatic rings. The fourth-order valence-corrected chi connectivity index (χ4v) is 4.30. The number of fused-ring (bicyclic) bond motifs is 1. The summed E-state index contributed by atoms with van der Waals surface area (Å²) in [5.41, 5.74) is 1.54. The van der Waals surface area contributed by atoms with Crippen molar-refractivity contribution in [1.29, 1.82) is 0 Å². The molecule has 0 radical (unpaired) electrons. The van der Waals surface area contributed by atoms with Crippen molar-refractivity contribution in [3.05, 3.63) is 59.7 Å². The highest BCUT2D eigenvalue weighted by Crippen LogP contribution is 2.43. The number of carbonyl (C=O) groups excluding carboxylic acids is 1. The van der Waals surface area contributed by atoms with Crippen LogP contribution >= 0.6 is 0 Å². The maximum atomic E-state index is 13.2. The number of alkyl halides is 2. The van der Waals surface area contributed by atoms with E-state index in [1.165, 1.54) is 24.3 Å². The molecule has 28 heavy (non-hydrogen) atoms.